The van der Waals surface area contributed by atoms with Crippen LogP contribution in [0.3, 0.4) is 0 Å². The molecule has 1 saturated heterocycles. The van der Waals surface area contributed by atoms with Crippen LogP contribution in [0.4, 0.5) is 5.00 Å². The number of hydrogen-bond acceptors (Lipinski definition) is 5. The van der Waals surface area contributed by atoms with Crippen LogP contribution in [0, 0.1) is 12.8 Å². The van der Waals surface area contributed by atoms with E-state index in [4.69, 9.17) is 0 Å². The van der Waals surface area contributed by atoms with Crippen molar-refractivity contribution in [3.63, 3.8) is 0 Å². The van der Waals surface area contributed by atoms with Crippen LogP contribution in [-0.4, -0.2) is 67.4 Å². The molecule has 0 spiro atoms. The zero-order chi connectivity index (χ0) is 18.5. The Morgan fingerprint density at radius 2 is 1.88 bits per heavy atom. The number of anilines is 1. The first kappa shape index (κ1) is 19.3. The number of amides is 2. The van der Waals surface area contributed by atoms with Crippen LogP contribution in [0.2, 0.25) is 0 Å². The molecule has 144 valence electrons. The van der Waals surface area contributed by atoms with Crippen molar-refractivity contribution in [1.29, 1.82) is 0 Å². The average molecular weight is 379 g/mol. The highest BCUT2D eigenvalue weighted by Gasteiger charge is 2.30. The third-order valence-corrected chi connectivity index (χ3v) is 6.32. The Morgan fingerprint density at radius 3 is 2.54 bits per heavy atom. The summed E-state index contributed by atoms with van der Waals surface area (Å²) in [7, 11) is 0. The molecule has 0 radical (unpaired) electrons. The second-order valence-corrected chi connectivity index (χ2v) is 8.32. The monoisotopic (exact) mass is 378 g/mol. The number of nitrogens with one attached hydrogen (secondary N) is 2. The van der Waals surface area contributed by atoms with Crippen LogP contribution in [0.25, 0.3) is 0 Å². The Hall–Kier alpha value is -1.44. The average Bonchev–Trinajstić information content (AvgIpc) is 3.43. The molecule has 26 heavy (non-hydrogen) atoms. The van der Waals surface area contributed by atoms with Gasteiger partial charge in [0.2, 0.25) is 5.91 Å². The Bertz CT molecular complexity index is 633. The van der Waals surface area contributed by atoms with Gasteiger partial charge in [-0.3, -0.25) is 9.59 Å². The molecule has 2 N–H and O–H groups in total. The first-order valence-corrected chi connectivity index (χ1v) is 10.5. The van der Waals surface area contributed by atoms with Gasteiger partial charge in [0.25, 0.3) is 5.91 Å². The van der Waals surface area contributed by atoms with Gasteiger partial charge in [0.15, 0.2) is 0 Å². The third kappa shape index (κ3) is 5.28. The number of likely N-dealkylation sites (N-methyl/N-ethyl adjacent to an activating group) is 1. The second-order valence-electron chi connectivity index (χ2n) is 7.27. The van der Waals surface area contributed by atoms with E-state index in [-0.39, 0.29) is 17.7 Å². The fourth-order valence-electron chi connectivity index (χ4n) is 3.25. The highest BCUT2D eigenvalue weighted by Crippen LogP contribution is 2.32. The maximum atomic E-state index is 12.4. The lowest BCUT2D eigenvalue weighted by Gasteiger charge is -2.33. The molecule has 2 fully saturated rings. The molecule has 7 heteroatoms. The van der Waals surface area contributed by atoms with Crippen molar-refractivity contribution in [2.45, 2.75) is 33.1 Å². The van der Waals surface area contributed by atoms with Crippen LogP contribution in [0.15, 0.2) is 6.07 Å². The van der Waals surface area contributed by atoms with Crippen molar-refractivity contribution >= 4 is 28.2 Å². The van der Waals surface area contributed by atoms with Gasteiger partial charge in [-0.25, -0.2) is 0 Å². The number of aryl methyl sites for hydroxylation is 1. The van der Waals surface area contributed by atoms with Gasteiger partial charge in [0, 0.05) is 38.6 Å². The first-order valence-electron chi connectivity index (χ1n) is 9.71. The van der Waals surface area contributed by atoms with E-state index in [0.29, 0.717) is 11.4 Å². The number of carbonyl (C=O) groups excluding carboxylic acids is 2. The van der Waals surface area contributed by atoms with Crippen molar-refractivity contribution < 1.29 is 9.59 Å². The van der Waals surface area contributed by atoms with Crippen molar-refractivity contribution in [1.82, 2.24) is 15.1 Å². The summed E-state index contributed by atoms with van der Waals surface area (Å²) < 4.78 is 0. The van der Waals surface area contributed by atoms with E-state index in [1.807, 2.05) is 13.0 Å². The smallest absolute Gasteiger partial charge is 0.261 e. The fourth-order valence-corrected chi connectivity index (χ4v) is 4.24. The van der Waals surface area contributed by atoms with Crippen LogP contribution < -0.4 is 10.6 Å². The Balaban J connectivity index is 1.38. The van der Waals surface area contributed by atoms with Crippen LogP contribution in [0.5, 0.6) is 0 Å². The molecular weight excluding hydrogens is 348 g/mol. The summed E-state index contributed by atoms with van der Waals surface area (Å²) in [4.78, 5) is 29.9. The van der Waals surface area contributed by atoms with Gasteiger partial charge in [0.1, 0.15) is 0 Å². The standard InChI is InChI=1S/C19H30N4O2S/c1-3-22-9-11-23(12-10-22)8-4-7-20-19(25)17-14(2)13-16(26-17)21-18(24)15-5-6-15/h13,15H,3-12H2,1-2H3,(H,20,25)(H,21,24). The molecule has 0 bridgehead atoms. The van der Waals surface area contributed by atoms with Crippen LogP contribution in [-0.2, 0) is 4.79 Å². The first-order chi connectivity index (χ1) is 12.6. The predicted octanol–water partition coefficient (Wildman–Crippen LogP) is 2.16. The third-order valence-electron chi connectivity index (χ3n) is 5.17. The summed E-state index contributed by atoms with van der Waals surface area (Å²) in [6, 6.07) is 1.90. The molecule has 6 nitrogen and oxygen atoms in total. The van der Waals surface area contributed by atoms with Gasteiger partial charge in [-0.2, -0.15) is 0 Å². The van der Waals surface area contributed by atoms with Gasteiger partial charge < -0.3 is 20.4 Å². The van der Waals surface area contributed by atoms with E-state index < -0.39 is 0 Å². The molecule has 0 aromatic carbocycles. The Kier molecular flexibility index (Phi) is 6.67. The largest absolute Gasteiger partial charge is 0.351 e. The quantitative estimate of drug-likeness (QED) is 0.681. The molecule has 0 atom stereocenters. The molecule has 1 aliphatic heterocycles. The summed E-state index contributed by atoms with van der Waals surface area (Å²) in [5.41, 5.74) is 0.925. The summed E-state index contributed by atoms with van der Waals surface area (Å²) in [5.74, 6) is 0.227. The maximum absolute atomic E-state index is 12.4. The molecule has 1 saturated carbocycles. The van der Waals surface area contributed by atoms with Gasteiger partial charge >= 0.3 is 0 Å². The molecule has 2 heterocycles. The number of nitrogens with zero attached hydrogens (tertiary/aromatic N) is 2. The second kappa shape index (κ2) is 8.97. The maximum Gasteiger partial charge on any atom is 0.261 e. The van der Waals surface area contributed by atoms with Crippen LogP contribution >= 0.6 is 11.3 Å². The van der Waals surface area contributed by atoms with E-state index >= 15 is 0 Å². The lowest BCUT2D eigenvalue weighted by molar-refractivity contribution is -0.117. The molecule has 0 unspecified atom stereocenters. The van der Waals surface area contributed by atoms with Gasteiger partial charge in [-0.05, 0) is 50.9 Å². The fraction of sp³-hybridized carbons (Fsp3) is 0.684. The molecule has 1 aromatic rings. The summed E-state index contributed by atoms with van der Waals surface area (Å²) >= 11 is 1.37. The van der Waals surface area contributed by atoms with E-state index in [1.54, 1.807) is 0 Å². The van der Waals surface area contributed by atoms with Crippen molar-refractivity contribution in [3.8, 4) is 0 Å². The molecule has 1 aliphatic carbocycles. The van der Waals surface area contributed by atoms with E-state index in [2.05, 4.69) is 27.4 Å². The topological polar surface area (TPSA) is 64.7 Å². The number of piperazine rings is 1. The number of rotatable bonds is 8. The number of thiophene rings is 1. The van der Waals surface area contributed by atoms with Crippen molar-refractivity contribution in [3.05, 3.63) is 16.5 Å². The minimum Gasteiger partial charge on any atom is -0.351 e. The predicted molar refractivity (Wildman–Crippen MR) is 106 cm³/mol. The molecule has 2 aliphatic rings. The van der Waals surface area contributed by atoms with Gasteiger partial charge in [-0.1, -0.05) is 6.92 Å². The van der Waals surface area contributed by atoms with Crippen LogP contribution in [0.1, 0.15) is 41.4 Å². The number of carbonyl (C=O) groups is 2. The minimum absolute atomic E-state index is 0.0322. The highest BCUT2D eigenvalue weighted by atomic mass is 32.1. The minimum atomic E-state index is -0.0322. The summed E-state index contributed by atoms with van der Waals surface area (Å²) in [6.07, 6.45) is 2.93. The molecular formula is C19H30N4O2S. The molecule has 1 aromatic heterocycles. The molecule has 2 amide bonds. The van der Waals surface area contributed by atoms with Gasteiger partial charge in [0.05, 0.1) is 9.88 Å². The van der Waals surface area contributed by atoms with Crippen molar-refractivity contribution in [2.24, 2.45) is 5.92 Å². The van der Waals surface area contributed by atoms with E-state index in [1.165, 1.54) is 11.3 Å². The van der Waals surface area contributed by atoms with E-state index in [0.717, 1.165) is 69.1 Å². The summed E-state index contributed by atoms with van der Waals surface area (Å²) in [5, 5.41) is 6.73. The summed E-state index contributed by atoms with van der Waals surface area (Å²) in [6.45, 7) is 11.5. The normalized spacial score (nSPS) is 18.7. The number of hydrogen-bond donors (Lipinski definition) is 2. The lowest BCUT2D eigenvalue weighted by Crippen LogP contribution is -2.46. The lowest BCUT2D eigenvalue weighted by atomic mass is 10.2. The van der Waals surface area contributed by atoms with Gasteiger partial charge in [-0.15, -0.1) is 11.3 Å². The zero-order valence-corrected chi connectivity index (χ0v) is 16.7. The SMILES string of the molecule is CCN1CCN(CCCNC(=O)c2sc(NC(=O)C3CC3)cc2C)CC1. The highest BCUT2D eigenvalue weighted by molar-refractivity contribution is 7.18. The Labute approximate surface area is 159 Å². The zero-order valence-electron chi connectivity index (χ0n) is 15.8. The van der Waals surface area contributed by atoms with E-state index in [9.17, 15) is 9.59 Å². The Morgan fingerprint density at radius 1 is 1.19 bits per heavy atom. The van der Waals surface area contributed by atoms with Crippen molar-refractivity contribution in [2.75, 3.05) is 51.1 Å². The molecule has 3 rings (SSSR count).